The van der Waals surface area contributed by atoms with Gasteiger partial charge in [-0.2, -0.15) is 0 Å². The number of hydrogen-bond acceptors (Lipinski definition) is 1. The van der Waals surface area contributed by atoms with E-state index >= 15 is 0 Å². The third-order valence-corrected chi connectivity index (χ3v) is 2.04. The van der Waals surface area contributed by atoms with Gasteiger partial charge in [0.25, 0.3) is 0 Å². The van der Waals surface area contributed by atoms with Crippen LogP contribution in [0.5, 0.6) is 0 Å². The van der Waals surface area contributed by atoms with Crippen molar-refractivity contribution in [3.63, 3.8) is 0 Å². The molecule has 0 N–H and O–H groups in total. The molecular weight excluding hydrogens is 217 g/mol. The highest BCUT2D eigenvalue weighted by molar-refractivity contribution is 5.49. The van der Waals surface area contributed by atoms with Crippen LogP contribution in [0.1, 0.15) is 6.92 Å². The topological polar surface area (TPSA) is 3.24 Å². The first-order valence-corrected chi connectivity index (χ1v) is 4.14. The Bertz CT molecular complexity index is 362. The zero-order valence-corrected chi connectivity index (χ0v) is 8.04. The van der Waals surface area contributed by atoms with Gasteiger partial charge in [-0.25, -0.2) is 22.0 Å². The number of nitrogens with zero attached hydrogens (tertiary/aromatic N) is 1. The molecule has 0 atom stereocenters. The summed E-state index contributed by atoms with van der Waals surface area (Å²) < 4.78 is 64.2. The van der Waals surface area contributed by atoms with Crippen molar-refractivity contribution in [3.8, 4) is 0 Å². The molecule has 0 aliphatic rings. The molecule has 0 aliphatic heterocycles. The summed E-state index contributed by atoms with van der Waals surface area (Å²) >= 11 is 0. The lowest BCUT2D eigenvalue weighted by molar-refractivity contribution is 0.379. The predicted molar refractivity (Wildman–Crippen MR) is 45.2 cm³/mol. The Morgan fingerprint density at radius 1 is 0.800 bits per heavy atom. The van der Waals surface area contributed by atoms with Crippen molar-refractivity contribution < 1.29 is 22.0 Å². The number of hydrogen-bond donors (Lipinski definition) is 0. The van der Waals surface area contributed by atoms with Gasteiger partial charge < -0.3 is 4.90 Å². The van der Waals surface area contributed by atoms with E-state index in [4.69, 9.17) is 0 Å². The number of anilines is 1. The SMILES string of the molecule is CCN(C)c1c(F)c(F)c(F)c(F)c1F. The molecule has 0 heterocycles. The van der Waals surface area contributed by atoms with Crippen LogP contribution in [0.2, 0.25) is 0 Å². The van der Waals surface area contributed by atoms with Crippen molar-refractivity contribution in [3.05, 3.63) is 29.1 Å². The second kappa shape index (κ2) is 4.04. The van der Waals surface area contributed by atoms with Gasteiger partial charge in [-0.3, -0.25) is 0 Å². The first-order valence-electron chi connectivity index (χ1n) is 4.14. The molecule has 84 valence electrons. The summed E-state index contributed by atoms with van der Waals surface area (Å²) in [6.45, 7) is 1.65. The summed E-state index contributed by atoms with van der Waals surface area (Å²) in [5.74, 6) is -9.61. The lowest BCUT2D eigenvalue weighted by atomic mass is 10.2. The van der Waals surface area contributed by atoms with Crippen molar-refractivity contribution in [1.29, 1.82) is 0 Å². The molecular formula is C9H8F5N. The average Bonchev–Trinajstić information content (AvgIpc) is 2.23. The van der Waals surface area contributed by atoms with E-state index in [1.54, 1.807) is 0 Å². The molecule has 6 heteroatoms. The summed E-state index contributed by atoms with van der Waals surface area (Å²) in [5.41, 5.74) is -0.908. The minimum absolute atomic E-state index is 0.123. The smallest absolute Gasteiger partial charge is 0.200 e. The summed E-state index contributed by atoms with van der Waals surface area (Å²) in [6, 6.07) is 0. The lowest BCUT2D eigenvalue weighted by Crippen LogP contribution is -2.21. The maximum atomic E-state index is 13.1. The molecule has 1 aromatic carbocycles. The molecule has 0 spiro atoms. The van der Waals surface area contributed by atoms with Crippen molar-refractivity contribution in [2.45, 2.75) is 6.92 Å². The zero-order valence-electron chi connectivity index (χ0n) is 8.04. The van der Waals surface area contributed by atoms with Crippen LogP contribution < -0.4 is 4.90 Å². The van der Waals surface area contributed by atoms with Gasteiger partial charge in [0, 0.05) is 13.6 Å². The van der Waals surface area contributed by atoms with E-state index in [9.17, 15) is 22.0 Å². The van der Waals surface area contributed by atoms with Gasteiger partial charge in [0.15, 0.2) is 23.3 Å². The second-order valence-corrected chi connectivity index (χ2v) is 2.93. The maximum Gasteiger partial charge on any atom is 0.200 e. The van der Waals surface area contributed by atoms with Crippen LogP contribution in [0.15, 0.2) is 0 Å². The second-order valence-electron chi connectivity index (χ2n) is 2.93. The number of halogens is 5. The van der Waals surface area contributed by atoms with Gasteiger partial charge >= 0.3 is 0 Å². The standard InChI is InChI=1S/C9H8F5N/c1-3-15(2)9-7(13)5(11)4(10)6(12)8(9)14/h3H2,1-2H3. The quantitative estimate of drug-likeness (QED) is 0.425. The minimum Gasteiger partial charge on any atom is -0.370 e. The first-order chi connectivity index (χ1) is 6.91. The molecule has 1 aromatic rings. The molecule has 1 nitrogen and oxygen atoms in total. The third kappa shape index (κ3) is 1.75. The van der Waals surface area contributed by atoms with Crippen molar-refractivity contribution in [1.82, 2.24) is 0 Å². The highest BCUT2D eigenvalue weighted by Crippen LogP contribution is 2.29. The van der Waals surface area contributed by atoms with E-state index in [0.717, 1.165) is 4.90 Å². The highest BCUT2D eigenvalue weighted by Gasteiger charge is 2.27. The lowest BCUT2D eigenvalue weighted by Gasteiger charge is -2.18. The molecule has 1 rings (SSSR count). The summed E-state index contributed by atoms with van der Waals surface area (Å²) in [5, 5.41) is 0. The van der Waals surface area contributed by atoms with Gasteiger partial charge in [0.05, 0.1) is 0 Å². The largest absolute Gasteiger partial charge is 0.370 e. The van der Waals surface area contributed by atoms with E-state index in [1.807, 2.05) is 0 Å². The molecule has 0 unspecified atom stereocenters. The third-order valence-electron chi connectivity index (χ3n) is 2.04. The molecule has 15 heavy (non-hydrogen) atoms. The Morgan fingerprint density at radius 2 is 1.13 bits per heavy atom. The van der Waals surface area contributed by atoms with Crippen molar-refractivity contribution >= 4 is 5.69 Å². The molecule has 0 fully saturated rings. The van der Waals surface area contributed by atoms with E-state index in [2.05, 4.69) is 0 Å². The molecule has 0 saturated heterocycles. The Kier molecular flexibility index (Phi) is 3.16. The summed E-state index contributed by atoms with van der Waals surface area (Å²) in [4.78, 5) is 0.941. The molecule has 0 amide bonds. The maximum absolute atomic E-state index is 13.1. The van der Waals surface area contributed by atoms with Crippen LogP contribution in [-0.4, -0.2) is 13.6 Å². The van der Waals surface area contributed by atoms with Crippen LogP contribution in [0.3, 0.4) is 0 Å². The monoisotopic (exact) mass is 225 g/mol. The summed E-state index contributed by atoms with van der Waals surface area (Å²) in [6.07, 6.45) is 0. The fourth-order valence-corrected chi connectivity index (χ4v) is 1.09. The Labute approximate surface area is 83.1 Å². The molecule has 0 bridgehead atoms. The van der Waals surface area contributed by atoms with Crippen LogP contribution in [0, 0.1) is 29.1 Å². The van der Waals surface area contributed by atoms with Crippen molar-refractivity contribution in [2.24, 2.45) is 0 Å². The van der Waals surface area contributed by atoms with E-state index in [0.29, 0.717) is 0 Å². The van der Waals surface area contributed by atoms with Crippen LogP contribution in [0.4, 0.5) is 27.6 Å². The Morgan fingerprint density at radius 3 is 1.47 bits per heavy atom. The number of benzene rings is 1. The van der Waals surface area contributed by atoms with Crippen LogP contribution in [0.25, 0.3) is 0 Å². The van der Waals surface area contributed by atoms with Crippen LogP contribution in [-0.2, 0) is 0 Å². The van der Waals surface area contributed by atoms with Crippen LogP contribution >= 0.6 is 0 Å². The minimum atomic E-state index is -2.14. The fourth-order valence-electron chi connectivity index (χ4n) is 1.09. The van der Waals surface area contributed by atoms with E-state index < -0.39 is 34.8 Å². The Hall–Kier alpha value is -1.33. The van der Waals surface area contributed by atoms with Gasteiger partial charge in [0.1, 0.15) is 5.69 Å². The molecule has 0 saturated carbocycles. The van der Waals surface area contributed by atoms with Gasteiger partial charge in [-0.1, -0.05) is 0 Å². The zero-order chi connectivity index (χ0) is 11.7. The van der Waals surface area contributed by atoms with Gasteiger partial charge in [0.2, 0.25) is 5.82 Å². The predicted octanol–water partition coefficient (Wildman–Crippen LogP) is 2.84. The molecule has 0 aromatic heterocycles. The fraction of sp³-hybridized carbons (Fsp3) is 0.333. The van der Waals surface area contributed by atoms with E-state index in [-0.39, 0.29) is 6.54 Å². The first kappa shape index (κ1) is 11.7. The Balaban J connectivity index is 3.52. The molecule has 0 radical (unpaired) electrons. The van der Waals surface area contributed by atoms with Gasteiger partial charge in [-0.05, 0) is 6.92 Å². The average molecular weight is 225 g/mol. The summed E-state index contributed by atoms with van der Waals surface area (Å²) in [7, 11) is 1.23. The van der Waals surface area contributed by atoms with Gasteiger partial charge in [-0.15, -0.1) is 0 Å². The molecule has 0 aliphatic carbocycles. The normalized spacial score (nSPS) is 10.6. The van der Waals surface area contributed by atoms with Crippen molar-refractivity contribution in [2.75, 3.05) is 18.5 Å². The number of rotatable bonds is 2. The van der Waals surface area contributed by atoms with E-state index in [1.165, 1.54) is 14.0 Å². The highest BCUT2D eigenvalue weighted by atomic mass is 19.2.